The van der Waals surface area contributed by atoms with Crippen molar-refractivity contribution in [1.82, 2.24) is 9.78 Å². The minimum Gasteiger partial charge on any atom is -0.491 e. The van der Waals surface area contributed by atoms with E-state index in [1.807, 2.05) is 58.9 Å². The highest BCUT2D eigenvalue weighted by Gasteiger charge is 2.19. The number of thioether (sulfide) groups is 1. The fraction of sp³-hybridized carbons (Fsp3) is 0.444. The molecule has 0 saturated carbocycles. The van der Waals surface area contributed by atoms with E-state index in [1.54, 1.807) is 6.20 Å². The van der Waals surface area contributed by atoms with Gasteiger partial charge in [0.1, 0.15) is 10.8 Å². The first-order valence-electron chi connectivity index (χ1n) is 7.85. The summed E-state index contributed by atoms with van der Waals surface area (Å²) in [6.07, 6.45) is 1.82. The molecule has 0 fully saturated rings. The standard InChI is InChI=1S/C18H23ClN2O2S/c1-12(2)23-14-8-6-13(7-9-14)11-24-15-10-20-21(18(3,4)5)17(22)16(15)19/h6-10,12H,11H2,1-5H3. The molecule has 0 radical (unpaired) electrons. The van der Waals surface area contributed by atoms with Gasteiger partial charge in [0.15, 0.2) is 0 Å². The van der Waals surface area contributed by atoms with Gasteiger partial charge < -0.3 is 4.74 Å². The Balaban J connectivity index is 2.10. The van der Waals surface area contributed by atoms with Crippen molar-refractivity contribution < 1.29 is 4.74 Å². The van der Waals surface area contributed by atoms with Gasteiger partial charge in [-0.15, -0.1) is 11.8 Å². The average Bonchev–Trinajstić information content (AvgIpc) is 2.48. The molecule has 4 nitrogen and oxygen atoms in total. The van der Waals surface area contributed by atoms with Gasteiger partial charge in [0.25, 0.3) is 5.56 Å². The molecule has 2 rings (SSSR count). The van der Waals surface area contributed by atoms with Crippen molar-refractivity contribution in [3.63, 3.8) is 0 Å². The van der Waals surface area contributed by atoms with Crippen LogP contribution in [0.25, 0.3) is 0 Å². The minimum atomic E-state index is -0.393. The number of benzene rings is 1. The summed E-state index contributed by atoms with van der Waals surface area (Å²) < 4.78 is 7.04. The van der Waals surface area contributed by atoms with E-state index < -0.39 is 5.54 Å². The number of nitrogens with zero attached hydrogens (tertiary/aromatic N) is 2. The number of hydrogen-bond donors (Lipinski definition) is 0. The van der Waals surface area contributed by atoms with Crippen LogP contribution >= 0.6 is 23.4 Å². The summed E-state index contributed by atoms with van der Waals surface area (Å²) >= 11 is 7.74. The van der Waals surface area contributed by atoms with E-state index in [0.717, 1.165) is 11.3 Å². The van der Waals surface area contributed by atoms with Gasteiger partial charge in [0.2, 0.25) is 0 Å². The lowest BCUT2D eigenvalue weighted by Crippen LogP contribution is -2.36. The molecular formula is C18H23ClN2O2S. The van der Waals surface area contributed by atoms with Crippen LogP contribution in [0, 0.1) is 0 Å². The maximum absolute atomic E-state index is 12.3. The average molecular weight is 367 g/mol. The fourth-order valence-corrected chi connectivity index (χ4v) is 3.24. The first-order valence-corrected chi connectivity index (χ1v) is 9.21. The zero-order valence-electron chi connectivity index (χ0n) is 14.7. The van der Waals surface area contributed by atoms with Crippen LogP contribution in [0.5, 0.6) is 5.75 Å². The van der Waals surface area contributed by atoms with Gasteiger partial charge in [-0.05, 0) is 52.3 Å². The van der Waals surface area contributed by atoms with Crippen molar-refractivity contribution in [3.8, 4) is 5.75 Å². The normalized spacial score (nSPS) is 11.8. The van der Waals surface area contributed by atoms with Crippen LogP contribution in [0.3, 0.4) is 0 Å². The Morgan fingerprint density at radius 3 is 2.42 bits per heavy atom. The molecular weight excluding hydrogens is 344 g/mol. The number of hydrogen-bond acceptors (Lipinski definition) is 4. The minimum absolute atomic E-state index is 0.157. The van der Waals surface area contributed by atoms with Crippen molar-refractivity contribution >= 4 is 23.4 Å². The van der Waals surface area contributed by atoms with E-state index in [4.69, 9.17) is 16.3 Å². The summed E-state index contributed by atoms with van der Waals surface area (Å²) in [5.74, 6) is 1.56. The first-order chi connectivity index (χ1) is 11.2. The third kappa shape index (κ3) is 4.77. The smallest absolute Gasteiger partial charge is 0.287 e. The van der Waals surface area contributed by atoms with Gasteiger partial charge in [-0.3, -0.25) is 4.79 Å². The van der Waals surface area contributed by atoms with E-state index in [0.29, 0.717) is 10.6 Å². The van der Waals surface area contributed by atoms with Gasteiger partial charge in [0, 0.05) is 5.75 Å². The first kappa shape index (κ1) is 18.9. The summed E-state index contributed by atoms with van der Waals surface area (Å²) in [5, 5.41) is 4.47. The Morgan fingerprint density at radius 2 is 1.88 bits per heavy atom. The summed E-state index contributed by atoms with van der Waals surface area (Å²) in [6.45, 7) is 9.76. The van der Waals surface area contributed by atoms with Gasteiger partial charge >= 0.3 is 0 Å². The van der Waals surface area contributed by atoms with Crippen molar-refractivity contribution in [2.24, 2.45) is 0 Å². The highest BCUT2D eigenvalue weighted by atomic mass is 35.5. The maximum Gasteiger partial charge on any atom is 0.287 e. The molecule has 130 valence electrons. The molecule has 0 saturated heterocycles. The van der Waals surface area contributed by atoms with Crippen LogP contribution in [0.1, 0.15) is 40.2 Å². The summed E-state index contributed by atoms with van der Waals surface area (Å²) in [6, 6.07) is 7.94. The molecule has 0 spiro atoms. The number of halogens is 1. The van der Waals surface area contributed by atoms with Crippen molar-refractivity contribution in [1.29, 1.82) is 0 Å². The lowest BCUT2D eigenvalue weighted by Gasteiger charge is -2.21. The van der Waals surface area contributed by atoms with Gasteiger partial charge in [-0.25, -0.2) is 4.68 Å². The van der Waals surface area contributed by atoms with Crippen molar-refractivity contribution in [3.05, 3.63) is 51.4 Å². The van der Waals surface area contributed by atoms with E-state index in [2.05, 4.69) is 5.10 Å². The van der Waals surface area contributed by atoms with Crippen LogP contribution in [0.4, 0.5) is 0 Å². The summed E-state index contributed by atoms with van der Waals surface area (Å²) in [5.41, 5.74) is 0.484. The van der Waals surface area contributed by atoms with Gasteiger partial charge in [-0.2, -0.15) is 5.10 Å². The number of ether oxygens (including phenoxy) is 1. The Morgan fingerprint density at radius 1 is 1.25 bits per heavy atom. The molecule has 0 amide bonds. The third-order valence-electron chi connectivity index (χ3n) is 3.21. The van der Waals surface area contributed by atoms with Crippen LogP contribution in [0.15, 0.2) is 40.2 Å². The van der Waals surface area contributed by atoms with Crippen molar-refractivity contribution in [2.75, 3.05) is 0 Å². The molecule has 0 N–H and O–H groups in total. The molecule has 0 atom stereocenters. The molecule has 0 bridgehead atoms. The topological polar surface area (TPSA) is 44.1 Å². The molecule has 24 heavy (non-hydrogen) atoms. The Labute approximate surface area is 152 Å². The molecule has 1 aromatic carbocycles. The van der Waals surface area contributed by atoms with Crippen LogP contribution in [0.2, 0.25) is 5.02 Å². The number of aromatic nitrogens is 2. The molecule has 1 heterocycles. The summed E-state index contributed by atoms with van der Waals surface area (Å²) in [7, 11) is 0. The van der Waals surface area contributed by atoms with Crippen LogP contribution < -0.4 is 10.3 Å². The second-order valence-electron chi connectivity index (χ2n) is 6.81. The lowest BCUT2D eigenvalue weighted by atomic mass is 10.1. The quantitative estimate of drug-likeness (QED) is 0.717. The fourth-order valence-electron chi connectivity index (χ4n) is 2.09. The van der Waals surface area contributed by atoms with Gasteiger partial charge in [-0.1, -0.05) is 23.7 Å². The Bertz CT molecular complexity index is 749. The number of rotatable bonds is 5. The second kappa shape index (κ2) is 7.62. The molecule has 0 unspecified atom stereocenters. The molecule has 2 aromatic rings. The van der Waals surface area contributed by atoms with Crippen LogP contribution in [-0.2, 0) is 11.3 Å². The highest BCUT2D eigenvalue weighted by Crippen LogP contribution is 2.28. The zero-order valence-corrected chi connectivity index (χ0v) is 16.2. The molecule has 0 aliphatic rings. The zero-order chi connectivity index (χ0) is 17.9. The lowest BCUT2D eigenvalue weighted by molar-refractivity contribution is 0.242. The summed E-state index contributed by atoms with van der Waals surface area (Å²) in [4.78, 5) is 13.0. The van der Waals surface area contributed by atoms with E-state index in [1.165, 1.54) is 16.4 Å². The second-order valence-corrected chi connectivity index (χ2v) is 8.20. The van der Waals surface area contributed by atoms with E-state index >= 15 is 0 Å². The predicted molar refractivity (Wildman–Crippen MR) is 100 cm³/mol. The SMILES string of the molecule is CC(C)Oc1ccc(CSc2cnn(C(C)(C)C)c(=O)c2Cl)cc1. The monoisotopic (exact) mass is 366 g/mol. The van der Waals surface area contributed by atoms with Crippen LogP contribution in [-0.4, -0.2) is 15.9 Å². The highest BCUT2D eigenvalue weighted by molar-refractivity contribution is 7.98. The Hall–Kier alpha value is -1.46. The molecule has 1 aromatic heterocycles. The predicted octanol–water partition coefficient (Wildman–Crippen LogP) is 4.73. The maximum atomic E-state index is 12.3. The third-order valence-corrected chi connectivity index (χ3v) is 4.79. The van der Waals surface area contributed by atoms with Gasteiger partial charge in [0.05, 0.1) is 22.7 Å². The molecule has 6 heteroatoms. The van der Waals surface area contributed by atoms with Crippen molar-refractivity contribution in [2.45, 2.75) is 56.9 Å². The Kier molecular flexibility index (Phi) is 5.99. The molecule has 0 aliphatic heterocycles. The largest absolute Gasteiger partial charge is 0.491 e. The molecule has 0 aliphatic carbocycles. The van der Waals surface area contributed by atoms with E-state index in [-0.39, 0.29) is 16.7 Å². The van der Waals surface area contributed by atoms with E-state index in [9.17, 15) is 4.79 Å².